The Morgan fingerprint density at radius 2 is 1.80 bits per heavy atom. The Bertz CT molecular complexity index is 237. The van der Waals surface area contributed by atoms with Gasteiger partial charge in [0.1, 0.15) is 0 Å². The van der Waals surface area contributed by atoms with Crippen LogP contribution in [-0.4, -0.2) is 20.0 Å². The Kier molecular flexibility index (Phi) is 2.76. The van der Waals surface area contributed by atoms with Crippen molar-refractivity contribution in [3.05, 3.63) is 0 Å². The number of alkyl halides is 3. The molecular weight excluding hydrogens is 201 g/mol. The summed E-state index contributed by atoms with van der Waals surface area (Å²) in [6, 6.07) is 0. The molecule has 0 heterocycles. The molecule has 88 valence electrons. The van der Waals surface area contributed by atoms with Crippen molar-refractivity contribution in [3.63, 3.8) is 0 Å². The van der Waals surface area contributed by atoms with E-state index in [0.717, 1.165) is 19.3 Å². The Morgan fingerprint density at radius 3 is 2.27 bits per heavy atom. The molecule has 2 aliphatic rings. The maximum atomic E-state index is 13.4. The highest BCUT2D eigenvalue weighted by Gasteiger charge is 2.68. The van der Waals surface area contributed by atoms with Gasteiger partial charge in [-0.3, -0.25) is 13.2 Å². The van der Waals surface area contributed by atoms with E-state index in [-0.39, 0.29) is 11.8 Å². The number of fused-ring (bicyclic) bond motifs is 2. The highest BCUT2D eigenvalue weighted by Crippen LogP contribution is 2.69. The Labute approximate surface area is 89.2 Å². The summed E-state index contributed by atoms with van der Waals surface area (Å²) in [4.78, 5) is 0. The third kappa shape index (κ3) is 1.10. The second-order valence-corrected chi connectivity index (χ2v) is 5.29. The van der Waals surface area contributed by atoms with E-state index in [9.17, 15) is 13.2 Å². The number of hydrogen-bond donors (Lipinski definition) is 0. The Morgan fingerprint density at radius 1 is 1.13 bits per heavy atom. The predicted molar refractivity (Wildman–Crippen MR) is 53.9 cm³/mol. The minimum atomic E-state index is -0.984. The predicted octanol–water partition coefficient (Wildman–Crippen LogP) is 3.71. The number of halogens is 3. The average molecular weight is 220 g/mol. The van der Waals surface area contributed by atoms with Gasteiger partial charge in [-0.15, -0.1) is 0 Å². The summed E-state index contributed by atoms with van der Waals surface area (Å²) in [5.74, 6) is 0.265. The zero-order valence-electron chi connectivity index (χ0n) is 9.24. The summed E-state index contributed by atoms with van der Waals surface area (Å²) in [6.45, 7) is 0.0863. The van der Waals surface area contributed by atoms with Crippen molar-refractivity contribution < 1.29 is 13.2 Å². The van der Waals surface area contributed by atoms with Crippen LogP contribution in [0.2, 0.25) is 0 Å². The molecule has 0 aromatic carbocycles. The zero-order chi connectivity index (χ0) is 11.1. The van der Waals surface area contributed by atoms with Crippen molar-refractivity contribution in [1.29, 1.82) is 0 Å². The first-order chi connectivity index (χ1) is 7.20. The maximum absolute atomic E-state index is 13.4. The fourth-order valence-electron chi connectivity index (χ4n) is 4.27. The van der Waals surface area contributed by atoms with E-state index < -0.39 is 30.9 Å². The lowest BCUT2D eigenvalue weighted by molar-refractivity contribution is -0.0184. The molecule has 3 heteroatoms. The first-order valence-electron chi connectivity index (χ1n) is 5.88. The van der Waals surface area contributed by atoms with Gasteiger partial charge in [0.15, 0.2) is 0 Å². The first-order valence-corrected chi connectivity index (χ1v) is 5.88. The molecule has 0 nitrogen and oxygen atoms in total. The van der Waals surface area contributed by atoms with Crippen LogP contribution in [0.1, 0.15) is 32.6 Å². The van der Waals surface area contributed by atoms with Gasteiger partial charge in [0.25, 0.3) is 0 Å². The van der Waals surface area contributed by atoms with E-state index in [1.807, 2.05) is 6.92 Å². The summed E-state index contributed by atoms with van der Waals surface area (Å²) in [6.07, 6.45) is 3.17. The van der Waals surface area contributed by atoms with E-state index >= 15 is 0 Å². The summed E-state index contributed by atoms with van der Waals surface area (Å²) < 4.78 is 39.8. The number of hydrogen-bond acceptors (Lipinski definition) is 0. The zero-order valence-corrected chi connectivity index (χ0v) is 9.24. The Hall–Kier alpha value is -0.210. The first kappa shape index (κ1) is 11.3. The lowest BCUT2D eigenvalue weighted by atomic mass is 9.64. The molecule has 2 fully saturated rings. The molecule has 0 N–H and O–H groups in total. The summed E-state index contributed by atoms with van der Waals surface area (Å²) in [7, 11) is 0. The van der Waals surface area contributed by atoms with Gasteiger partial charge in [0.05, 0.1) is 20.0 Å². The van der Waals surface area contributed by atoms with Crippen LogP contribution < -0.4 is 0 Å². The molecule has 3 atom stereocenters. The van der Waals surface area contributed by atoms with Gasteiger partial charge in [-0.25, -0.2) is 0 Å². The second-order valence-electron chi connectivity index (χ2n) is 5.29. The van der Waals surface area contributed by atoms with Gasteiger partial charge in [-0.05, 0) is 31.1 Å². The van der Waals surface area contributed by atoms with Crippen LogP contribution in [0.25, 0.3) is 0 Å². The monoisotopic (exact) mass is 220 g/mol. The molecule has 2 bridgehead atoms. The van der Waals surface area contributed by atoms with Crippen molar-refractivity contribution in [3.8, 4) is 0 Å². The van der Waals surface area contributed by atoms with Crippen LogP contribution in [0.15, 0.2) is 0 Å². The van der Waals surface area contributed by atoms with Crippen LogP contribution in [0, 0.1) is 22.7 Å². The van der Waals surface area contributed by atoms with E-state index in [1.165, 1.54) is 0 Å². The second kappa shape index (κ2) is 3.67. The molecule has 3 unspecified atom stereocenters. The van der Waals surface area contributed by atoms with Crippen LogP contribution in [0.4, 0.5) is 13.2 Å². The van der Waals surface area contributed by atoms with Crippen molar-refractivity contribution in [2.45, 2.75) is 32.6 Å². The van der Waals surface area contributed by atoms with Gasteiger partial charge in [0, 0.05) is 10.8 Å². The van der Waals surface area contributed by atoms with E-state index in [2.05, 4.69) is 0 Å². The van der Waals surface area contributed by atoms with Crippen LogP contribution in [-0.2, 0) is 0 Å². The third-order valence-corrected chi connectivity index (χ3v) is 5.27. The van der Waals surface area contributed by atoms with E-state index in [4.69, 9.17) is 0 Å². The molecule has 0 radical (unpaired) electrons. The lowest BCUT2D eigenvalue weighted by Gasteiger charge is -2.41. The van der Waals surface area contributed by atoms with Crippen molar-refractivity contribution in [2.75, 3.05) is 20.0 Å². The van der Waals surface area contributed by atoms with Crippen LogP contribution in [0.3, 0.4) is 0 Å². The molecule has 2 saturated carbocycles. The summed E-state index contributed by atoms with van der Waals surface area (Å²) >= 11 is 0. The van der Waals surface area contributed by atoms with Crippen LogP contribution in [0.5, 0.6) is 0 Å². The fourth-order valence-corrected chi connectivity index (χ4v) is 4.27. The summed E-state index contributed by atoms with van der Waals surface area (Å²) in [5, 5.41) is 0. The highest BCUT2D eigenvalue weighted by molar-refractivity contribution is 5.15. The van der Waals surface area contributed by atoms with E-state index in [1.54, 1.807) is 0 Å². The van der Waals surface area contributed by atoms with Gasteiger partial charge in [0.2, 0.25) is 0 Å². The molecule has 2 rings (SSSR count). The molecule has 2 aliphatic carbocycles. The minimum Gasteiger partial charge on any atom is -0.250 e. The molecule has 15 heavy (non-hydrogen) atoms. The third-order valence-electron chi connectivity index (χ3n) is 5.27. The van der Waals surface area contributed by atoms with Gasteiger partial charge in [-0.2, -0.15) is 0 Å². The molecule has 0 aliphatic heterocycles. The number of rotatable bonds is 4. The minimum absolute atomic E-state index is 0.0770. The largest absolute Gasteiger partial charge is 0.250 e. The average Bonchev–Trinajstić information content (AvgIpc) is 2.76. The van der Waals surface area contributed by atoms with Crippen molar-refractivity contribution in [2.24, 2.45) is 22.7 Å². The normalized spacial score (nSPS) is 42.4. The maximum Gasteiger partial charge on any atom is 0.0984 e. The fraction of sp³-hybridized carbons (Fsp3) is 1.00. The van der Waals surface area contributed by atoms with Gasteiger partial charge < -0.3 is 0 Å². The van der Waals surface area contributed by atoms with Crippen molar-refractivity contribution in [1.82, 2.24) is 0 Å². The molecule has 0 aromatic rings. The molecule has 0 spiro atoms. The summed E-state index contributed by atoms with van der Waals surface area (Å²) in [5.41, 5.74) is -1.67. The molecule has 0 aromatic heterocycles. The molecule has 0 amide bonds. The van der Waals surface area contributed by atoms with Gasteiger partial charge in [-0.1, -0.05) is 13.3 Å². The topological polar surface area (TPSA) is 0 Å². The lowest BCUT2D eigenvalue weighted by Crippen LogP contribution is -2.44. The Balaban J connectivity index is 2.40. The van der Waals surface area contributed by atoms with Crippen LogP contribution >= 0.6 is 0 Å². The molecule has 0 saturated heterocycles. The SMILES string of the molecule is CCC1CC2CCC1(CF)C2(CF)CF. The molecular formula is C12H19F3. The smallest absolute Gasteiger partial charge is 0.0984 e. The van der Waals surface area contributed by atoms with Gasteiger partial charge >= 0.3 is 0 Å². The standard InChI is InChI=1S/C12H19F3/c1-2-9-5-10-3-4-11(9,6-13)12(10,7-14)8-15/h9-10H,2-8H2,1H3. The van der Waals surface area contributed by atoms with E-state index in [0.29, 0.717) is 6.42 Å². The quantitative estimate of drug-likeness (QED) is 0.677. The highest BCUT2D eigenvalue weighted by atomic mass is 19.1. The van der Waals surface area contributed by atoms with Crippen molar-refractivity contribution >= 4 is 0 Å².